The highest BCUT2D eigenvalue weighted by molar-refractivity contribution is 8.25. The maximum Gasteiger partial charge on any atom is 0.430 e. The number of hydrazine groups is 1. The molecule has 3 amide bonds. The molecule has 1 fully saturated rings. The number of hydrogen-bond acceptors (Lipinski definition) is 7. The summed E-state index contributed by atoms with van der Waals surface area (Å²) in [6.07, 6.45) is -1.81. The predicted octanol–water partition coefficient (Wildman–Crippen LogP) is 4.76. The lowest BCUT2D eigenvalue weighted by molar-refractivity contribution is -0.124. The molecule has 33 heavy (non-hydrogen) atoms. The van der Waals surface area contributed by atoms with E-state index in [1.807, 2.05) is 6.07 Å². The molecule has 0 aromatic heterocycles. The van der Waals surface area contributed by atoms with E-state index in [0.717, 1.165) is 16.8 Å². The van der Waals surface area contributed by atoms with Gasteiger partial charge in [0.2, 0.25) is 4.87 Å². The van der Waals surface area contributed by atoms with Crippen LogP contribution in [-0.2, 0) is 20.7 Å². The van der Waals surface area contributed by atoms with Gasteiger partial charge in [-0.3, -0.25) is 9.69 Å². The van der Waals surface area contributed by atoms with Crippen molar-refractivity contribution in [3.05, 3.63) is 65.2 Å². The quantitative estimate of drug-likeness (QED) is 0.445. The molecule has 0 bridgehead atoms. The number of thiocarbonyl (C=S) groups is 1. The summed E-state index contributed by atoms with van der Waals surface area (Å²) in [7, 11) is 0. The number of benzene rings is 2. The number of para-hydroxylation sites is 1. The summed E-state index contributed by atoms with van der Waals surface area (Å²) < 4.78 is 10.4. The lowest BCUT2D eigenvalue weighted by atomic mass is 10.0. The van der Waals surface area contributed by atoms with Crippen LogP contribution in [0.2, 0.25) is 5.02 Å². The monoisotopic (exact) mass is 507 g/mol. The molecule has 2 aromatic carbocycles. The first-order valence-corrected chi connectivity index (χ1v) is 11.7. The summed E-state index contributed by atoms with van der Waals surface area (Å²) in [4.78, 5) is 39.0. The van der Waals surface area contributed by atoms with Gasteiger partial charge in [0.1, 0.15) is 0 Å². The van der Waals surface area contributed by atoms with Crippen LogP contribution in [0.4, 0.5) is 15.3 Å². The zero-order chi connectivity index (χ0) is 24.0. The summed E-state index contributed by atoms with van der Waals surface area (Å²) in [5.41, 5.74) is 3.62. The molecule has 1 atom stereocenters. The summed E-state index contributed by atoms with van der Waals surface area (Å²) >= 11 is 12.5. The van der Waals surface area contributed by atoms with E-state index in [1.54, 1.807) is 62.4 Å². The molecular weight excluding hydrogens is 486 g/mol. The lowest BCUT2D eigenvalue weighted by Gasteiger charge is -2.36. The fourth-order valence-electron chi connectivity index (χ4n) is 3.23. The average Bonchev–Trinajstić information content (AvgIpc) is 3.04. The number of carbonyl (C=O) groups is 3. The molecule has 3 rings (SSSR count). The van der Waals surface area contributed by atoms with Crippen LogP contribution in [0, 0.1) is 0 Å². The van der Waals surface area contributed by atoms with Gasteiger partial charge in [-0.1, -0.05) is 65.9 Å². The van der Waals surface area contributed by atoms with Crippen molar-refractivity contribution in [2.75, 3.05) is 18.1 Å². The van der Waals surface area contributed by atoms with Crippen LogP contribution in [0.15, 0.2) is 54.6 Å². The molecule has 0 saturated carbocycles. The van der Waals surface area contributed by atoms with Crippen molar-refractivity contribution in [2.24, 2.45) is 0 Å². The SMILES string of the molecule is CCOC(=O)NN(C(=O)OCC)[C@@]1(Cc2ccc(Cl)cc2)SC(=S)N(c2ccccc2)C1=O. The van der Waals surface area contributed by atoms with E-state index < -0.39 is 23.0 Å². The second-order valence-electron chi connectivity index (χ2n) is 6.80. The Morgan fingerprint density at radius 2 is 1.73 bits per heavy atom. The lowest BCUT2D eigenvalue weighted by Crippen LogP contribution is -2.63. The van der Waals surface area contributed by atoms with Crippen molar-refractivity contribution in [2.45, 2.75) is 25.1 Å². The fourth-order valence-corrected chi connectivity index (χ4v) is 5.15. The minimum Gasteiger partial charge on any atom is -0.449 e. The Labute approximate surface area is 206 Å². The van der Waals surface area contributed by atoms with Gasteiger partial charge in [-0.05, 0) is 43.7 Å². The highest BCUT2D eigenvalue weighted by Crippen LogP contribution is 2.44. The third kappa shape index (κ3) is 5.40. The standard InChI is InChI=1S/C22H22ClN3O5S2/c1-3-30-19(28)24-26(20(29)31-4-2)22(14-15-10-12-16(23)13-11-15)18(27)25(21(32)33-22)17-8-6-5-7-9-17/h5-13H,3-4,14H2,1-2H3,(H,24,28)/t22-/m0/s1. The Bertz CT molecular complexity index is 1040. The van der Waals surface area contributed by atoms with Crippen LogP contribution in [0.5, 0.6) is 0 Å². The Morgan fingerprint density at radius 3 is 2.33 bits per heavy atom. The normalized spacial score (nSPS) is 17.6. The topological polar surface area (TPSA) is 88.2 Å². The van der Waals surface area contributed by atoms with Crippen molar-refractivity contribution >= 4 is 63.7 Å². The summed E-state index contributed by atoms with van der Waals surface area (Å²) in [6.45, 7) is 3.35. The smallest absolute Gasteiger partial charge is 0.430 e. The number of hydrogen-bond donors (Lipinski definition) is 1. The van der Waals surface area contributed by atoms with Gasteiger partial charge in [0, 0.05) is 11.4 Å². The minimum atomic E-state index is -1.67. The van der Waals surface area contributed by atoms with Gasteiger partial charge >= 0.3 is 12.2 Å². The number of nitrogens with zero attached hydrogens (tertiary/aromatic N) is 2. The molecule has 11 heteroatoms. The minimum absolute atomic E-state index is 0.0162. The van der Waals surface area contributed by atoms with Gasteiger partial charge in [0.05, 0.1) is 18.9 Å². The summed E-state index contributed by atoms with van der Waals surface area (Å²) in [6, 6.07) is 15.6. The molecule has 1 aliphatic rings. The summed E-state index contributed by atoms with van der Waals surface area (Å²) in [5, 5.41) is 1.39. The van der Waals surface area contributed by atoms with E-state index in [-0.39, 0.29) is 24.0 Å². The van der Waals surface area contributed by atoms with Crippen LogP contribution in [0.25, 0.3) is 0 Å². The summed E-state index contributed by atoms with van der Waals surface area (Å²) in [5.74, 6) is -0.511. The van der Waals surface area contributed by atoms with Gasteiger partial charge in [-0.15, -0.1) is 0 Å². The van der Waals surface area contributed by atoms with E-state index >= 15 is 0 Å². The number of thioether (sulfide) groups is 1. The van der Waals surface area contributed by atoms with Crippen LogP contribution < -0.4 is 10.3 Å². The van der Waals surface area contributed by atoms with E-state index in [9.17, 15) is 14.4 Å². The largest absolute Gasteiger partial charge is 0.449 e. The number of rotatable bonds is 6. The van der Waals surface area contributed by atoms with E-state index in [0.29, 0.717) is 16.3 Å². The van der Waals surface area contributed by atoms with Gasteiger partial charge in [0.25, 0.3) is 5.91 Å². The molecule has 0 radical (unpaired) electrons. The first-order chi connectivity index (χ1) is 15.8. The zero-order valence-electron chi connectivity index (χ0n) is 17.9. The van der Waals surface area contributed by atoms with Crippen molar-refractivity contribution in [1.82, 2.24) is 10.4 Å². The number of anilines is 1. The van der Waals surface area contributed by atoms with Gasteiger partial charge in [-0.2, -0.15) is 5.01 Å². The maximum absolute atomic E-state index is 13.9. The Morgan fingerprint density at radius 1 is 1.09 bits per heavy atom. The molecule has 1 aliphatic heterocycles. The number of carbonyl (C=O) groups excluding carboxylic acids is 3. The molecular formula is C22H22ClN3O5S2. The molecule has 174 valence electrons. The number of nitrogens with one attached hydrogen (secondary N) is 1. The van der Waals surface area contributed by atoms with Crippen molar-refractivity contribution in [3.8, 4) is 0 Å². The van der Waals surface area contributed by atoms with E-state index in [4.69, 9.17) is 33.3 Å². The Balaban J connectivity index is 2.11. The van der Waals surface area contributed by atoms with E-state index in [1.165, 1.54) is 4.90 Å². The molecule has 0 spiro atoms. The first-order valence-electron chi connectivity index (χ1n) is 10.1. The predicted molar refractivity (Wildman–Crippen MR) is 131 cm³/mol. The van der Waals surface area contributed by atoms with Gasteiger partial charge in [0.15, 0.2) is 4.32 Å². The number of halogens is 1. The first kappa shape index (κ1) is 24.8. The second-order valence-corrected chi connectivity index (χ2v) is 9.15. The average molecular weight is 508 g/mol. The van der Waals surface area contributed by atoms with Crippen LogP contribution in [0.1, 0.15) is 19.4 Å². The molecule has 1 heterocycles. The molecule has 8 nitrogen and oxygen atoms in total. The molecule has 1 saturated heterocycles. The van der Waals surface area contributed by atoms with Crippen LogP contribution >= 0.6 is 35.6 Å². The van der Waals surface area contributed by atoms with Gasteiger partial charge < -0.3 is 9.47 Å². The Hall–Kier alpha value is -2.82. The molecule has 2 aromatic rings. The second kappa shape index (κ2) is 10.9. The van der Waals surface area contributed by atoms with Crippen molar-refractivity contribution < 1.29 is 23.9 Å². The van der Waals surface area contributed by atoms with E-state index in [2.05, 4.69) is 5.43 Å². The molecule has 0 unspecified atom stereocenters. The van der Waals surface area contributed by atoms with Crippen molar-refractivity contribution in [1.29, 1.82) is 0 Å². The zero-order valence-corrected chi connectivity index (χ0v) is 20.3. The number of ether oxygens (including phenoxy) is 2. The third-order valence-corrected chi connectivity index (χ3v) is 6.52. The number of amides is 3. The van der Waals surface area contributed by atoms with Crippen molar-refractivity contribution in [3.63, 3.8) is 0 Å². The highest BCUT2D eigenvalue weighted by atomic mass is 35.5. The molecule has 0 aliphatic carbocycles. The fraction of sp³-hybridized carbons (Fsp3) is 0.273. The maximum atomic E-state index is 13.9. The van der Waals surface area contributed by atoms with Gasteiger partial charge in [-0.25, -0.2) is 15.0 Å². The van der Waals surface area contributed by atoms with Crippen LogP contribution in [0.3, 0.4) is 0 Å². The Kier molecular flexibility index (Phi) is 8.17. The molecule has 1 N–H and O–H groups in total. The third-order valence-electron chi connectivity index (χ3n) is 4.64. The van der Waals surface area contributed by atoms with Crippen LogP contribution in [-0.4, -0.2) is 45.5 Å². The highest BCUT2D eigenvalue weighted by Gasteiger charge is 2.58.